The largest absolute Gasteiger partial charge is 0.490 e. The molecule has 0 spiro atoms. The zero-order valence-electron chi connectivity index (χ0n) is 17.4. The average Bonchev–Trinajstić information content (AvgIpc) is 2.68. The maximum absolute atomic E-state index is 13.4. The SMILES string of the molecule is CCOc1cc(CN(C)CC(=O)N(CC)Cc2cccc(F)c2)ccc1OC(F)F. The van der Waals surface area contributed by atoms with Gasteiger partial charge in [-0.2, -0.15) is 8.78 Å². The van der Waals surface area contributed by atoms with Crippen LogP contribution in [-0.4, -0.2) is 49.1 Å². The molecule has 164 valence electrons. The van der Waals surface area contributed by atoms with Gasteiger partial charge in [0.05, 0.1) is 13.2 Å². The Kier molecular flexibility index (Phi) is 8.98. The van der Waals surface area contributed by atoms with Crippen molar-refractivity contribution >= 4 is 5.91 Å². The molecule has 0 aliphatic heterocycles. The third kappa shape index (κ3) is 7.26. The summed E-state index contributed by atoms with van der Waals surface area (Å²) in [6.07, 6.45) is 0. The molecule has 5 nitrogen and oxygen atoms in total. The first kappa shape index (κ1) is 23.5. The number of rotatable bonds is 11. The number of halogens is 3. The molecule has 0 fully saturated rings. The van der Waals surface area contributed by atoms with Crippen LogP contribution in [0.5, 0.6) is 11.5 Å². The molecular weight excluding hydrogens is 397 g/mol. The highest BCUT2D eigenvalue weighted by molar-refractivity contribution is 5.78. The molecule has 0 unspecified atom stereocenters. The number of amides is 1. The summed E-state index contributed by atoms with van der Waals surface area (Å²) in [7, 11) is 1.79. The van der Waals surface area contributed by atoms with Crippen LogP contribution in [0.4, 0.5) is 13.2 Å². The first-order valence-electron chi connectivity index (χ1n) is 9.73. The Morgan fingerprint density at radius 2 is 1.77 bits per heavy atom. The van der Waals surface area contributed by atoms with Gasteiger partial charge in [0.25, 0.3) is 0 Å². The van der Waals surface area contributed by atoms with Gasteiger partial charge in [-0.3, -0.25) is 9.69 Å². The smallest absolute Gasteiger partial charge is 0.387 e. The minimum Gasteiger partial charge on any atom is -0.490 e. The van der Waals surface area contributed by atoms with Gasteiger partial charge in [-0.25, -0.2) is 4.39 Å². The molecule has 0 saturated carbocycles. The lowest BCUT2D eigenvalue weighted by Crippen LogP contribution is -2.38. The number of hydrogen-bond acceptors (Lipinski definition) is 4. The number of hydrogen-bond donors (Lipinski definition) is 0. The summed E-state index contributed by atoms with van der Waals surface area (Å²) >= 11 is 0. The van der Waals surface area contributed by atoms with Crippen molar-refractivity contribution in [2.45, 2.75) is 33.5 Å². The molecule has 2 aromatic carbocycles. The monoisotopic (exact) mass is 424 g/mol. The highest BCUT2D eigenvalue weighted by Crippen LogP contribution is 2.30. The summed E-state index contributed by atoms with van der Waals surface area (Å²) in [5.41, 5.74) is 1.52. The Bertz CT molecular complexity index is 833. The second-order valence-electron chi connectivity index (χ2n) is 6.80. The normalized spacial score (nSPS) is 11.1. The van der Waals surface area contributed by atoms with E-state index < -0.39 is 6.61 Å². The van der Waals surface area contributed by atoms with Gasteiger partial charge in [-0.15, -0.1) is 0 Å². The molecule has 8 heteroatoms. The molecule has 0 aromatic heterocycles. The molecule has 30 heavy (non-hydrogen) atoms. The van der Waals surface area contributed by atoms with Crippen LogP contribution in [0, 0.1) is 5.82 Å². The topological polar surface area (TPSA) is 42.0 Å². The number of nitrogens with zero attached hydrogens (tertiary/aromatic N) is 2. The molecule has 0 radical (unpaired) electrons. The first-order chi connectivity index (χ1) is 14.3. The molecule has 1 amide bonds. The third-order valence-corrected chi connectivity index (χ3v) is 4.38. The minimum atomic E-state index is -2.94. The lowest BCUT2D eigenvalue weighted by Gasteiger charge is -2.25. The zero-order chi connectivity index (χ0) is 22.1. The van der Waals surface area contributed by atoms with Gasteiger partial charge in [-0.05, 0) is 56.3 Å². The maximum atomic E-state index is 13.4. The Morgan fingerprint density at radius 1 is 1.03 bits per heavy atom. The molecule has 0 aliphatic rings. The van der Waals surface area contributed by atoms with E-state index in [1.54, 1.807) is 43.1 Å². The quantitative estimate of drug-likeness (QED) is 0.539. The lowest BCUT2D eigenvalue weighted by molar-refractivity contribution is -0.132. The Labute approximate surface area is 175 Å². The van der Waals surface area contributed by atoms with E-state index in [9.17, 15) is 18.0 Å². The van der Waals surface area contributed by atoms with Crippen molar-refractivity contribution in [3.05, 3.63) is 59.4 Å². The van der Waals surface area contributed by atoms with E-state index in [4.69, 9.17) is 4.74 Å². The maximum Gasteiger partial charge on any atom is 0.387 e. The van der Waals surface area contributed by atoms with Crippen molar-refractivity contribution in [1.29, 1.82) is 0 Å². The summed E-state index contributed by atoms with van der Waals surface area (Å²) in [5, 5.41) is 0. The summed E-state index contributed by atoms with van der Waals surface area (Å²) in [6.45, 7) is 2.39. The molecule has 0 bridgehead atoms. The standard InChI is InChI=1S/C22H27F3N2O3/c1-4-27(14-16-7-6-8-18(23)11-16)21(28)15-26(3)13-17-9-10-19(30-22(24)25)20(12-17)29-5-2/h6-12,22H,4-5,13-15H2,1-3H3. The molecule has 0 saturated heterocycles. The molecular formula is C22H27F3N2O3. The number of alkyl halides is 2. The summed E-state index contributed by atoms with van der Waals surface area (Å²) in [4.78, 5) is 16.1. The van der Waals surface area contributed by atoms with E-state index in [0.717, 1.165) is 11.1 Å². The van der Waals surface area contributed by atoms with Crippen molar-refractivity contribution in [2.75, 3.05) is 26.7 Å². The fourth-order valence-corrected chi connectivity index (χ4v) is 3.04. The predicted molar refractivity (Wildman–Crippen MR) is 108 cm³/mol. The van der Waals surface area contributed by atoms with E-state index in [1.165, 1.54) is 18.2 Å². The van der Waals surface area contributed by atoms with Crippen molar-refractivity contribution in [1.82, 2.24) is 9.80 Å². The Balaban J connectivity index is 2.00. The number of ether oxygens (including phenoxy) is 2. The minimum absolute atomic E-state index is 0.0263. The van der Waals surface area contributed by atoms with Crippen LogP contribution >= 0.6 is 0 Å². The summed E-state index contributed by atoms with van der Waals surface area (Å²) < 4.78 is 48.3. The number of carbonyl (C=O) groups is 1. The van der Waals surface area contributed by atoms with E-state index in [0.29, 0.717) is 26.2 Å². The number of carbonyl (C=O) groups excluding carboxylic acids is 1. The van der Waals surface area contributed by atoms with Gasteiger partial charge < -0.3 is 14.4 Å². The van der Waals surface area contributed by atoms with Crippen LogP contribution in [0.15, 0.2) is 42.5 Å². The fourth-order valence-electron chi connectivity index (χ4n) is 3.04. The molecule has 0 atom stereocenters. The van der Waals surface area contributed by atoms with Crippen molar-refractivity contribution in [3.8, 4) is 11.5 Å². The van der Waals surface area contributed by atoms with Crippen molar-refractivity contribution in [2.24, 2.45) is 0 Å². The van der Waals surface area contributed by atoms with E-state index in [-0.39, 0.29) is 29.8 Å². The van der Waals surface area contributed by atoms with Gasteiger partial charge >= 0.3 is 6.61 Å². The third-order valence-electron chi connectivity index (χ3n) is 4.38. The van der Waals surface area contributed by atoms with Gasteiger partial charge in [0.1, 0.15) is 5.82 Å². The lowest BCUT2D eigenvalue weighted by atomic mass is 10.2. The Hall–Kier alpha value is -2.74. The van der Waals surface area contributed by atoms with Crippen LogP contribution in [-0.2, 0) is 17.9 Å². The highest BCUT2D eigenvalue weighted by atomic mass is 19.3. The van der Waals surface area contributed by atoms with E-state index >= 15 is 0 Å². The summed E-state index contributed by atoms with van der Waals surface area (Å²) in [5.74, 6) is -0.220. The zero-order valence-corrected chi connectivity index (χ0v) is 17.4. The van der Waals surface area contributed by atoms with Crippen LogP contribution in [0.2, 0.25) is 0 Å². The summed E-state index contributed by atoms with van der Waals surface area (Å²) in [6, 6.07) is 10.9. The van der Waals surface area contributed by atoms with E-state index in [1.807, 2.05) is 11.8 Å². The van der Waals surface area contributed by atoms with E-state index in [2.05, 4.69) is 4.74 Å². The molecule has 2 rings (SSSR count). The second kappa shape index (κ2) is 11.4. The van der Waals surface area contributed by atoms with Crippen LogP contribution in [0.25, 0.3) is 0 Å². The van der Waals surface area contributed by atoms with Gasteiger partial charge in [0.15, 0.2) is 11.5 Å². The predicted octanol–water partition coefficient (Wildman–Crippen LogP) is 4.31. The van der Waals surface area contributed by atoms with Crippen molar-refractivity contribution in [3.63, 3.8) is 0 Å². The fraction of sp³-hybridized carbons (Fsp3) is 0.409. The van der Waals surface area contributed by atoms with Crippen LogP contribution in [0.1, 0.15) is 25.0 Å². The average molecular weight is 424 g/mol. The van der Waals surface area contributed by atoms with Gasteiger partial charge in [-0.1, -0.05) is 18.2 Å². The van der Waals surface area contributed by atoms with Gasteiger partial charge in [0, 0.05) is 19.6 Å². The second-order valence-corrected chi connectivity index (χ2v) is 6.80. The molecule has 0 aliphatic carbocycles. The number of benzene rings is 2. The molecule has 0 N–H and O–H groups in total. The highest BCUT2D eigenvalue weighted by Gasteiger charge is 2.16. The van der Waals surface area contributed by atoms with Gasteiger partial charge in [0.2, 0.25) is 5.91 Å². The van der Waals surface area contributed by atoms with Crippen LogP contribution in [0.3, 0.4) is 0 Å². The number of likely N-dealkylation sites (N-methyl/N-ethyl adjacent to an activating group) is 2. The van der Waals surface area contributed by atoms with Crippen molar-refractivity contribution < 1.29 is 27.4 Å². The molecule has 2 aromatic rings. The molecule has 0 heterocycles. The Morgan fingerprint density at radius 3 is 2.40 bits per heavy atom. The van der Waals surface area contributed by atoms with Crippen LogP contribution < -0.4 is 9.47 Å². The first-order valence-corrected chi connectivity index (χ1v) is 9.73.